The molecule has 138 valence electrons. The second-order valence-electron chi connectivity index (χ2n) is 9.48. The van der Waals surface area contributed by atoms with Crippen LogP contribution in [-0.2, 0) is 9.59 Å². The first-order chi connectivity index (χ1) is 11.6. The van der Waals surface area contributed by atoms with Crippen molar-refractivity contribution in [1.82, 2.24) is 0 Å². The van der Waals surface area contributed by atoms with Gasteiger partial charge in [0.05, 0.1) is 17.6 Å². The highest BCUT2D eigenvalue weighted by atomic mass is 16.3. The topological polar surface area (TPSA) is 94.8 Å². The average Bonchev–Trinajstić information content (AvgIpc) is 2.67. The molecule has 0 aromatic rings. The van der Waals surface area contributed by atoms with Crippen LogP contribution in [0, 0.1) is 34.0 Å². The van der Waals surface area contributed by atoms with Crippen molar-refractivity contribution in [2.45, 2.75) is 58.2 Å². The second kappa shape index (κ2) is 5.02. The molecule has 5 heteroatoms. The molecular formula is C20H28O5. The molecule has 4 fully saturated rings. The standard InChI is InChI=1S/C20H28O5/c1-10-11-7-12(22)15-19(9-21)6-4-5-18(2,3)13(19)8-14(23)20(15,16(10)24)17(11)25/h11,13-15,17,21,23,25H,1,4-9H2,2-3H3/t11-,13-,14-,15+,17+,19+,20-/m1/s1. The van der Waals surface area contributed by atoms with Gasteiger partial charge in [0.1, 0.15) is 5.78 Å². The molecule has 4 aliphatic rings. The van der Waals surface area contributed by atoms with Crippen LogP contribution >= 0.6 is 0 Å². The minimum atomic E-state index is -1.51. The molecule has 1 spiro atoms. The molecule has 0 aromatic heterocycles. The summed E-state index contributed by atoms with van der Waals surface area (Å²) < 4.78 is 0. The van der Waals surface area contributed by atoms with Gasteiger partial charge in [0.15, 0.2) is 5.78 Å². The van der Waals surface area contributed by atoms with E-state index in [2.05, 4.69) is 20.4 Å². The summed E-state index contributed by atoms with van der Waals surface area (Å²) in [7, 11) is 0. The zero-order chi connectivity index (χ0) is 18.4. The summed E-state index contributed by atoms with van der Waals surface area (Å²) in [5, 5.41) is 32.5. The van der Waals surface area contributed by atoms with Gasteiger partial charge in [-0.15, -0.1) is 0 Å². The summed E-state index contributed by atoms with van der Waals surface area (Å²) in [6.45, 7) is 7.88. The van der Waals surface area contributed by atoms with Crippen molar-refractivity contribution >= 4 is 11.6 Å². The number of aliphatic hydroxyl groups excluding tert-OH is 3. The van der Waals surface area contributed by atoms with Crippen LogP contribution in [0.2, 0.25) is 0 Å². The number of hydrogen-bond acceptors (Lipinski definition) is 5. The van der Waals surface area contributed by atoms with E-state index >= 15 is 0 Å². The summed E-state index contributed by atoms with van der Waals surface area (Å²) in [6, 6.07) is 0. The van der Waals surface area contributed by atoms with Gasteiger partial charge in [-0.3, -0.25) is 9.59 Å². The van der Waals surface area contributed by atoms with Crippen LogP contribution in [0.1, 0.15) is 46.0 Å². The highest BCUT2D eigenvalue weighted by Gasteiger charge is 2.76. The van der Waals surface area contributed by atoms with Crippen LogP contribution in [0.5, 0.6) is 0 Å². The van der Waals surface area contributed by atoms with Gasteiger partial charge in [-0.05, 0) is 36.2 Å². The number of rotatable bonds is 1. The lowest BCUT2D eigenvalue weighted by atomic mass is 9.39. The fourth-order valence-electron chi connectivity index (χ4n) is 7.18. The van der Waals surface area contributed by atoms with Crippen molar-refractivity contribution in [2.75, 3.05) is 6.61 Å². The van der Waals surface area contributed by atoms with E-state index < -0.39 is 34.9 Å². The Balaban J connectivity index is 1.96. The number of aliphatic hydroxyl groups is 3. The minimum Gasteiger partial charge on any atom is -0.396 e. The molecule has 5 nitrogen and oxygen atoms in total. The van der Waals surface area contributed by atoms with Crippen molar-refractivity contribution in [2.24, 2.45) is 34.0 Å². The van der Waals surface area contributed by atoms with E-state index in [9.17, 15) is 24.9 Å². The van der Waals surface area contributed by atoms with E-state index in [0.29, 0.717) is 12.8 Å². The number of carbonyl (C=O) groups is 2. The third kappa shape index (κ3) is 1.75. The summed E-state index contributed by atoms with van der Waals surface area (Å²) in [6.07, 6.45) is 0.743. The summed E-state index contributed by atoms with van der Waals surface area (Å²) >= 11 is 0. The van der Waals surface area contributed by atoms with Crippen LogP contribution in [-0.4, -0.2) is 45.7 Å². The summed E-state index contributed by atoms with van der Waals surface area (Å²) in [5.74, 6) is -1.93. The van der Waals surface area contributed by atoms with E-state index in [1.165, 1.54) is 0 Å². The predicted molar refractivity (Wildman–Crippen MR) is 90.5 cm³/mol. The molecule has 0 heterocycles. The van der Waals surface area contributed by atoms with Crippen molar-refractivity contribution in [3.8, 4) is 0 Å². The van der Waals surface area contributed by atoms with Crippen LogP contribution in [0.15, 0.2) is 12.2 Å². The third-order valence-electron chi connectivity index (χ3n) is 8.20. The molecule has 0 aliphatic heterocycles. The highest BCUT2D eigenvalue weighted by Crippen LogP contribution is 2.70. The zero-order valence-corrected chi connectivity index (χ0v) is 15.0. The molecule has 0 radical (unpaired) electrons. The summed E-state index contributed by atoms with van der Waals surface area (Å²) in [4.78, 5) is 26.3. The first-order valence-corrected chi connectivity index (χ1v) is 9.38. The smallest absolute Gasteiger partial charge is 0.170 e. The quantitative estimate of drug-likeness (QED) is 0.620. The fourth-order valence-corrected chi connectivity index (χ4v) is 7.18. The maximum absolute atomic E-state index is 13.2. The van der Waals surface area contributed by atoms with Crippen molar-refractivity contribution in [1.29, 1.82) is 0 Å². The zero-order valence-electron chi connectivity index (χ0n) is 15.0. The Morgan fingerprint density at radius 2 is 1.88 bits per heavy atom. The Hall–Kier alpha value is -1.04. The van der Waals surface area contributed by atoms with Crippen LogP contribution < -0.4 is 0 Å². The van der Waals surface area contributed by atoms with Gasteiger partial charge in [0, 0.05) is 30.3 Å². The molecule has 7 atom stereocenters. The molecule has 0 unspecified atom stereocenters. The SMILES string of the molecule is C=C1C(=O)[C@@]23[C@H](O)C[C@@H]4C(C)(C)CCC[C@@]4(CO)[C@@H]2C(=O)C[C@H]1[C@@H]3O. The molecule has 2 bridgehead atoms. The molecule has 3 N–H and O–H groups in total. The number of carbonyl (C=O) groups excluding carboxylic acids is 2. The Bertz CT molecular complexity index is 667. The fraction of sp³-hybridized carbons (Fsp3) is 0.800. The van der Waals surface area contributed by atoms with Gasteiger partial charge >= 0.3 is 0 Å². The maximum Gasteiger partial charge on any atom is 0.170 e. The number of fused-ring (bicyclic) bond motifs is 3. The van der Waals surface area contributed by atoms with E-state index in [-0.39, 0.29) is 41.5 Å². The van der Waals surface area contributed by atoms with Gasteiger partial charge in [-0.25, -0.2) is 0 Å². The lowest BCUT2D eigenvalue weighted by Crippen LogP contribution is -2.70. The normalized spacial score (nSPS) is 51.2. The largest absolute Gasteiger partial charge is 0.396 e. The highest BCUT2D eigenvalue weighted by molar-refractivity contribution is 6.09. The van der Waals surface area contributed by atoms with Gasteiger partial charge in [-0.1, -0.05) is 26.8 Å². The monoisotopic (exact) mass is 348 g/mol. The lowest BCUT2D eigenvalue weighted by Gasteiger charge is -2.64. The van der Waals surface area contributed by atoms with Gasteiger partial charge in [0.25, 0.3) is 0 Å². The molecule has 0 saturated heterocycles. The molecule has 0 aromatic carbocycles. The minimum absolute atomic E-state index is 0.0567. The molecule has 4 saturated carbocycles. The first-order valence-electron chi connectivity index (χ1n) is 9.38. The number of hydrogen-bond donors (Lipinski definition) is 3. The molecule has 0 amide bonds. The third-order valence-corrected chi connectivity index (χ3v) is 8.20. The molecule has 4 aliphatic carbocycles. The maximum atomic E-state index is 13.2. The molecule has 25 heavy (non-hydrogen) atoms. The predicted octanol–water partition coefficient (Wildman–Crippen LogP) is 1.25. The van der Waals surface area contributed by atoms with Gasteiger partial charge in [-0.2, -0.15) is 0 Å². The molecule has 4 rings (SSSR count). The van der Waals surface area contributed by atoms with Crippen LogP contribution in [0.3, 0.4) is 0 Å². The summed E-state index contributed by atoms with van der Waals surface area (Å²) in [5.41, 5.74) is -2.12. The van der Waals surface area contributed by atoms with E-state index in [0.717, 1.165) is 12.8 Å². The van der Waals surface area contributed by atoms with Gasteiger partial charge < -0.3 is 15.3 Å². The first kappa shape index (κ1) is 17.4. The Kier molecular flexibility index (Phi) is 3.49. The Morgan fingerprint density at radius 1 is 1.20 bits per heavy atom. The van der Waals surface area contributed by atoms with E-state index in [1.807, 2.05) is 0 Å². The number of ketones is 2. The molecular weight excluding hydrogens is 320 g/mol. The van der Waals surface area contributed by atoms with Crippen LogP contribution in [0.4, 0.5) is 0 Å². The van der Waals surface area contributed by atoms with Crippen molar-refractivity contribution in [3.63, 3.8) is 0 Å². The second-order valence-corrected chi connectivity index (χ2v) is 9.48. The van der Waals surface area contributed by atoms with E-state index in [1.54, 1.807) is 0 Å². The average molecular weight is 348 g/mol. The Labute approximate surface area is 148 Å². The van der Waals surface area contributed by atoms with Crippen molar-refractivity contribution < 1.29 is 24.9 Å². The Morgan fingerprint density at radius 3 is 2.52 bits per heavy atom. The number of Topliss-reactive ketones (excluding diaryl/α,β-unsaturated/α-hetero) is 2. The van der Waals surface area contributed by atoms with Gasteiger partial charge in [0.2, 0.25) is 0 Å². The lowest BCUT2D eigenvalue weighted by molar-refractivity contribution is -0.232. The van der Waals surface area contributed by atoms with Crippen LogP contribution in [0.25, 0.3) is 0 Å². The van der Waals surface area contributed by atoms with E-state index in [4.69, 9.17) is 0 Å². The van der Waals surface area contributed by atoms with Crippen molar-refractivity contribution in [3.05, 3.63) is 12.2 Å².